The van der Waals surface area contributed by atoms with E-state index in [4.69, 9.17) is 10.4 Å². The molecule has 2 amide bonds. The number of para-hydroxylation sites is 1. The molecule has 1 aromatic carbocycles. The highest BCUT2D eigenvalue weighted by atomic mass is 16.4. The van der Waals surface area contributed by atoms with E-state index in [9.17, 15) is 9.59 Å². The number of benzene rings is 1. The normalized spacial score (nSPS) is 10.4. The Labute approximate surface area is 111 Å². The quantitative estimate of drug-likeness (QED) is 0.770. The number of aliphatic carboxylic acids is 1. The van der Waals surface area contributed by atoms with E-state index in [2.05, 4.69) is 10.6 Å². The van der Waals surface area contributed by atoms with Gasteiger partial charge in [0.15, 0.2) is 0 Å². The van der Waals surface area contributed by atoms with Gasteiger partial charge in [0.1, 0.15) is 6.07 Å². The maximum Gasteiger partial charge on any atom is 0.319 e. The van der Waals surface area contributed by atoms with Crippen LogP contribution in [0.3, 0.4) is 0 Å². The van der Waals surface area contributed by atoms with Crippen molar-refractivity contribution in [1.29, 1.82) is 5.26 Å². The summed E-state index contributed by atoms with van der Waals surface area (Å²) >= 11 is 0. The highest BCUT2D eigenvalue weighted by Crippen LogP contribution is 2.14. The summed E-state index contributed by atoms with van der Waals surface area (Å²) in [5, 5.41) is 22.7. The fourth-order valence-electron chi connectivity index (χ4n) is 1.57. The molecule has 0 radical (unpaired) electrons. The highest BCUT2D eigenvalue weighted by Gasteiger charge is 2.24. The minimum Gasteiger partial charge on any atom is -0.481 e. The average Bonchev–Trinajstić information content (AvgIpc) is 2.26. The number of rotatable bonds is 4. The van der Waals surface area contributed by atoms with Crippen LogP contribution in [0.4, 0.5) is 10.5 Å². The number of urea groups is 1. The minimum atomic E-state index is -0.997. The van der Waals surface area contributed by atoms with Gasteiger partial charge in [-0.3, -0.25) is 4.79 Å². The Kier molecular flexibility index (Phi) is 4.48. The molecular weight excluding hydrogens is 246 g/mol. The van der Waals surface area contributed by atoms with Crippen LogP contribution in [0.25, 0.3) is 0 Å². The monoisotopic (exact) mass is 261 g/mol. The summed E-state index contributed by atoms with van der Waals surface area (Å²) in [6, 6.07) is 7.98. The van der Waals surface area contributed by atoms with Crippen LogP contribution in [0, 0.1) is 11.3 Å². The van der Waals surface area contributed by atoms with E-state index < -0.39 is 17.5 Å². The van der Waals surface area contributed by atoms with Crippen molar-refractivity contribution in [2.45, 2.75) is 25.8 Å². The van der Waals surface area contributed by atoms with Gasteiger partial charge < -0.3 is 15.7 Å². The zero-order valence-electron chi connectivity index (χ0n) is 10.7. The Bertz CT molecular complexity index is 532. The molecule has 0 fully saturated rings. The molecule has 0 saturated heterocycles. The molecular formula is C13H15N3O3. The SMILES string of the molecule is CC(C)(CC(=O)O)NC(=O)Nc1ccccc1C#N. The van der Waals surface area contributed by atoms with E-state index in [0.717, 1.165) is 0 Å². The Hall–Kier alpha value is -2.55. The molecule has 0 bridgehead atoms. The van der Waals surface area contributed by atoms with Gasteiger partial charge in [-0.05, 0) is 26.0 Å². The van der Waals surface area contributed by atoms with Crippen LogP contribution in [-0.4, -0.2) is 22.6 Å². The predicted molar refractivity (Wildman–Crippen MR) is 69.6 cm³/mol. The molecule has 0 aliphatic carbocycles. The van der Waals surface area contributed by atoms with Crippen molar-refractivity contribution in [1.82, 2.24) is 5.32 Å². The Balaban J connectivity index is 2.71. The minimum absolute atomic E-state index is 0.194. The number of carboxylic acids is 1. The second kappa shape index (κ2) is 5.87. The van der Waals surface area contributed by atoms with Gasteiger partial charge in [0.25, 0.3) is 0 Å². The van der Waals surface area contributed by atoms with Gasteiger partial charge >= 0.3 is 12.0 Å². The lowest BCUT2D eigenvalue weighted by Gasteiger charge is -2.24. The van der Waals surface area contributed by atoms with Gasteiger partial charge in [-0.25, -0.2) is 4.79 Å². The largest absolute Gasteiger partial charge is 0.481 e. The number of nitrogens with zero attached hydrogens (tertiary/aromatic N) is 1. The third-order valence-corrected chi connectivity index (χ3v) is 2.34. The maximum absolute atomic E-state index is 11.8. The van der Waals surface area contributed by atoms with E-state index in [0.29, 0.717) is 11.3 Å². The van der Waals surface area contributed by atoms with Crippen LogP contribution in [0.2, 0.25) is 0 Å². The van der Waals surface area contributed by atoms with Gasteiger partial charge in [0.2, 0.25) is 0 Å². The summed E-state index contributed by atoms with van der Waals surface area (Å²) < 4.78 is 0. The molecule has 0 aliphatic rings. The first-order valence-electron chi connectivity index (χ1n) is 5.64. The first kappa shape index (κ1) is 14.5. The van der Waals surface area contributed by atoms with Crippen LogP contribution in [0.5, 0.6) is 0 Å². The highest BCUT2D eigenvalue weighted by molar-refractivity contribution is 5.91. The molecule has 6 nitrogen and oxygen atoms in total. The average molecular weight is 261 g/mol. The van der Waals surface area contributed by atoms with Gasteiger partial charge in [-0.1, -0.05) is 12.1 Å². The van der Waals surface area contributed by atoms with Crippen molar-refractivity contribution in [3.8, 4) is 6.07 Å². The summed E-state index contributed by atoms with van der Waals surface area (Å²) in [7, 11) is 0. The number of hydrogen-bond donors (Lipinski definition) is 3. The van der Waals surface area contributed by atoms with Gasteiger partial charge in [-0.15, -0.1) is 0 Å². The van der Waals surface area contributed by atoms with Crippen molar-refractivity contribution in [2.24, 2.45) is 0 Å². The Morgan fingerprint density at radius 3 is 2.58 bits per heavy atom. The topological polar surface area (TPSA) is 102 Å². The second-order valence-electron chi connectivity index (χ2n) is 4.69. The second-order valence-corrected chi connectivity index (χ2v) is 4.69. The number of anilines is 1. The van der Waals surface area contributed by atoms with Crippen molar-refractivity contribution in [3.05, 3.63) is 29.8 Å². The number of hydrogen-bond acceptors (Lipinski definition) is 3. The van der Waals surface area contributed by atoms with Crippen LogP contribution in [0.15, 0.2) is 24.3 Å². The molecule has 3 N–H and O–H groups in total. The standard InChI is InChI=1S/C13H15N3O3/c1-13(2,7-11(17)18)16-12(19)15-10-6-4-3-5-9(10)8-14/h3-6H,7H2,1-2H3,(H,17,18)(H2,15,16,19). The van der Waals surface area contributed by atoms with E-state index >= 15 is 0 Å². The van der Waals surface area contributed by atoms with Crippen LogP contribution in [0.1, 0.15) is 25.8 Å². The number of amides is 2. The first-order chi connectivity index (χ1) is 8.84. The molecule has 0 atom stereocenters. The van der Waals surface area contributed by atoms with Crippen LogP contribution in [-0.2, 0) is 4.79 Å². The number of nitrogens with one attached hydrogen (secondary N) is 2. The predicted octanol–water partition coefficient (Wildman–Crippen LogP) is 1.93. The molecule has 1 aromatic rings. The Morgan fingerprint density at radius 2 is 2.00 bits per heavy atom. The van der Waals surface area contributed by atoms with Gasteiger partial charge in [-0.2, -0.15) is 5.26 Å². The lowest BCUT2D eigenvalue weighted by molar-refractivity contribution is -0.138. The molecule has 0 saturated carbocycles. The number of carbonyl (C=O) groups excluding carboxylic acids is 1. The summed E-state index contributed by atoms with van der Waals surface area (Å²) in [5.74, 6) is -0.997. The third-order valence-electron chi connectivity index (χ3n) is 2.34. The lowest BCUT2D eigenvalue weighted by atomic mass is 10.0. The molecule has 0 unspecified atom stereocenters. The summed E-state index contributed by atoms with van der Waals surface area (Å²) in [6.07, 6.45) is -0.194. The van der Waals surface area contributed by atoms with Gasteiger partial charge in [0.05, 0.1) is 17.7 Å². The summed E-state index contributed by atoms with van der Waals surface area (Å²) in [4.78, 5) is 22.4. The van der Waals surface area contributed by atoms with Crippen LogP contribution < -0.4 is 10.6 Å². The fraction of sp³-hybridized carbons (Fsp3) is 0.308. The summed E-state index contributed by atoms with van der Waals surface area (Å²) in [5.41, 5.74) is -0.153. The first-order valence-corrected chi connectivity index (χ1v) is 5.64. The Morgan fingerprint density at radius 1 is 1.37 bits per heavy atom. The third kappa shape index (κ3) is 4.68. The zero-order valence-corrected chi connectivity index (χ0v) is 10.7. The summed E-state index contributed by atoms with van der Waals surface area (Å²) in [6.45, 7) is 3.22. The van der Waals surface area contributed by atoms with Crippen molar-refractivity contribution >= 4 is 17.7 Å². The van der Waals surface area contributed by atoms with E-state index in [-0.39, 0.29) is 6.42 Å². The lowest BCUT2D eigenvalue weighted by Crippen LogP contribution is -2.46. The van der Waals surface area contributed by atoms with E-state index in [1.165, 1.54) is 0 Å². The van der Waals surface area contributed by atoms with Crippen LogP contribution >= 0.6 is 0 Å². The molecule has 100 valence electrons. The fourth-order valence-corrected chi connectivity index (χ4v) is 1.57. The number of carbonyl (C=O) groups is 2. The molecule has 1 rings (SSSR count). The van der Waals surface area contributed by atoms with E-state index in [1.54, 1.807) is 38.1 Å². The van der Waals surface area contributed by atoms with E-state index in [1.807, 2.05) is 6.07 Å². The number of carboxylic acid groups (broad SMARTS) is 1. The number of nitriles is 1. The van der Waals surface area contributed by atoms with Crippen molar-refractivity contribution in [2.75, 3.05) is 5.32 Å². The van der Waals surface area contributed by atoms with Crippen molar-refractivity contribution in [3.63, 3.8) is 0 Å². The zero-order chi connectivity index (χ0) is 14.5. The molecule has 0 aromatic heterocycles. The van der Waals surface area contributed by atoms with Gasteiger partial charge in [0, 0.05) is 5.54 Å². The molecule has 19 heavy (non-hydrogen) atoms. The molecule has 0 aliphatic heterocycles. The molecule has 0 heterocycles. The van der Waals surface area contributed by atoms with Crippen molar-refractivity contribution < 1.29 is 14.7 Å². The molecule has 6 heteroatoms. The molecule has 0 spiro atoms. The maximum atomic E-state index is 11.8. The smallest absolute Gasteiger partial charge is 0.319 e.